The predicted molar refractivity (Wildman–Crippen MR) is 133 cm³/mol. The fourth-order valence-electron chi connectivity index (χ4n) is 4.10. The molecule has 34 heavy (non-hydrogen) atoms. The summed E-state index contributed by atoms with van der Waals surface area (Å²) in [5.74, 6) is -0.597. The van der Waals surface area contributed by atoms with Gasteiger partial charge in [0.25, 0.3) is 0 Å². The molecule has 0 bridgehead atoms. The molecule has 2 aromatic rings. The number of β-amino-alcohol motifs (C(OH)–C–C–N with tert-alkyl or cyclic N) is 1. The summed E-state index contributed by atoms with van der Waals surface area (Å²) in [5, 5.41) is 14.5. The van der Waals surface area contributed by atoms with E-state index in [1.165, 1.54) is 6.33 Å². The molecule has 1 amide bonds. The van der Waals surface area contributed by atoms with Crippen LogP contribution in [0.5, 0.6) is 0 Å². The van der Waals surface area contributed by atoms with Crippen LogP contribution >= 0.6 is 23.2 Å². The molecule has 186 valence electrons. The normalized spacial score (nSPS) is 18.8. The summed E-state index contributed by atoms with van der Waals surface area (Å²) in [7, 11) is 0. The molecule has 0 saturated carbocycles. The number of nitrogens with two attached hydrogens (primary N) is 1. The van der Waals surface area contributed by atoms with Crippen molar-refractivity contribution in [3.63, 3.8) is 0 Å². The Bertz CT molecular complexity index is 996. The second-order valence-corrected chi connectivity index (χ2v) is 9.91. The van der Waals surface area contributed by atoms with Gasteiger partial charge in [-0.25, -0.2) is 9.97 Å². The highest BCUT2D eigenvalue weighted by molar-refractivity contribution is 6.35. The third-order valence-electron chi connectivity index (χ3n) is 5.75. The number of aliphatic hydroxyl groups excluding tert-OH is 1. The fourth-order valence-corrected chi connectivity index (χ4v) is 4.57. The lowest BCUT2D eigenvalue weighted by Crippen LogP contribution is -2.48. The summed E-state index contributed by atoms with van der Waals surface area (Å²) in [5.41, 5.74) is 6.05. The number of aliphatic hydroxyl groups is 1. The number of carbonyl (C=O) groups excluding carboxylic acids is 1. The number of rotatable bonds is 10. The third-order valence-corrected chi connectivity index (χ3v) is 6.34. The molecule has 0 aliphatic carbocycles. The Hall–Kier alpha value is -2.20. The van der Waals surface area contributed by atoms with Gasteiger partial charge in [-0.15, -0.1) is 0 Å². The van der Waals surface area contributed by atoms with Crippen molar-refractivity contribution in [1.82, 2.24) is 14.9 Å². The van der Waals surface area contributed by atoms with Crippen molar-refractivity contribution in [3.05, 3.63) is 46.0 Å². The van der Waals surface area contributed by atoms with Crippen LogP contribution in [0.1, 0.15) is 25.8 Å². The molecular formula is C23H31Cl2FN6O2. The van der Waals surface area contributed by atoms with Crippen molar-refractivity contribution in [2.45, 2.75) is 32.9 Å². The summed E-state index contributed by atoms with van der Waals surface area (Å²) in [6.45, 7) is 6.44. The highest BCUT2D eigenvalue weighted by Gasteiger charge is 2.29. The van der Waals surface area contributed by atoms with E-state index in [1.54, 1.807) is 12.1 Å². The number of nitrogens with zero attached hydrogens (tertiary/aromatic N) is 4. The largest absolute Gasteiger partial charge is 0.391 e. The number of amides is 1. The number of hydrogen-bond acceptors (Lipinski definition) is 7. The molecule has 0 radical (unpaired) electrons. The lowest BCUT2D eigenvalue weighted by molar-refractivity contribution is -0.120. The van der Waals surface area contributed by atoms with Gasteiger partial charge < -0.3 is 21.1 Å². The van der Waals surface area contributed by atoms with Gasteiger partial charge in [0.2, 0.25) is 11.7 Å². The minimum Gasteiger partial charge on any atom is -0.391 e. The first-order valence-corrected chi connectivity index (χ1v) is 12.0. The lowest BCUT2D eigenvalue weighted by Gasteiger charge is -2.35. The summed E-state index contributed by atoms with van der Waals surface area (Å²) in [6, 6.07) is 5.23. The Labute approximate surface area is 209 Å². The van der Waals surface area contributed by atoms with E-state index in [2.05, 4.69) is 15.3 Å². The highest BCUT2D eigenvalue weighted by atomic mass is 35.5. The zero-order chi connectivity index (χ0) is 24.8. The second kappa shape index (κ2) is 12.0. The van der Waals surface area contributed by atoms with Gasteiger partial charge in [-0.1, -0.05) is 43.1 Å². The van der Waals surface area contributed by atoms with E-state index in [9.17, 15) is 9.90 Å². The van der Waals surface area contributed by atoms with Crippen LogP contribution in [0.4, 0.5) is 16.0 Å². The summed E-state index contributed by atoms with van der Waals surface area (Å²) in [4.78, 5) is 23.1. The molecule has 1 fully saturated rings. The zero-order valence-electron chi connectivity index (χ0n) is 19.3. The summed E-state index contributed by atoms with van der Waals surface area (Å²) in [6.07, 6.45) is 1.31. The number of primary amides is 1. The van der Waals surface area contributed by atoms with Crippen LogP contribution in [0, 0.1) is 17.7 Å². The minimum absolute atomic E-state index is 0.0766. The van der Waals surface area contributed by atoms with Gasteiger partial charge >= 0.3 is 0 Å². The van der Waals surface area contributed by atoms with Crippen LogP contribution in [0.2, 0.25) is 10.0 Å². The number of nitrogens with one attached hydrogen (secondary N) is 1. The number of carbonyl (C=O) groups is 1. The van der Waals surface area contributed by atoms with Crippen LogP contribution in [-0.4, -0.2) is 64.7 Å². The Balaban J connectivity index is 1.72. The lowest BCUT2D eigenvalue weighted by atomic mass is 9.93. The van der Waals surface area contributed by atoms with E-state index in [0.717, 1.165) is 5.56 Å². The van der Waals surface area contributed by atoms with Gasteiger partial charge in [-0.05, 0) is 36.6 Å². The average Bonchev–Trinajstić information content (AvgIpc) is 2.75. The van der Waals surface area contributed by atoms with Crippen molar-refractivity contribution in [3.8, 4) is 0 Å². The SMILES string of the molecule is CC(C)CN(Cc1ccc(Cl)cc1Cl)c1ncnc(NC[C@@H]2CCN(CC(N)=O)C[C@H]2O)c1F. The number of benzene rings is 1. The molecule has 3 rings (SSSR count). The molecule has 2 heterocycles. The van der Waals surface area contributed by atoms with E-state index >= 15 is 4.39 Å². The average molecular weight is 513 g/mol. The molecule has 1 aliphatic heterocycles. The molecule has 0 spiro atoms. The smallest absolute Gasteiger partial charge is 0.231 e. The first-order valence-electron chi connectivity index (χ1n) is 11.3. The second-order valence-electron chi connectivity index (χ2n) is 9.07. The van der Waals surface area contributed by atoms with Crippen molar-refractivity contribution in [2.75, 3.05) is 42.9 Å². The first-order chi connectivity index (χ1) is 16.1. The molecule has 8 nitrogen and oxygen atoms in total. The monoisotopic (exact) mass is 512 g/mol. The maximum Gasteiger partial charge on any atom is 0.231 e. The van der Waals surface area contributed by atoms with Crippen LogP contribution in [0.25, 0.3) is 0 Å². The predicted octanol–water partition coefficient (Wildman–Crippen LogP) is 3.17. The molecular weight excluding hydrogens is 482 g/mol. The number of likely N-dealkylation sites (tertiary alicyclic amines) is 1. The van der Waals surface area contributed by atoms with Gasteiger partial charge in [-0.2, -0.15) is 4.39 Å². The van der Waals surface area contributed by atoms with Crippen LogP contribution in [-0.2, 0) is 11.3 Å². The van der Waals surface area contributed by atoms with E-state index in [0.29, 0.717) is 49.2 Å². The highest BCUT2D eigenvalue weighted by Crippen LogP contribution is 2.28. The van der Waals surface area contributed by atoms with Gasteiger partial charge in [0.1, 0.15) is 6.33 Å². The molecule has 1 saturated heterocycles. The molecule has 11 heteroatoms. The van der Waals surface area contributed by atoms with E-state index < -0.39 is 17.8 Å². The molecule has 2 atom stereocenters. The number of piperidine rings is 1. The quantitative estimate of drug-likeness (QED) is 0.448. The van der Waals surface area contributed by atoms with Crippen LogP contribution < -0.4 is 16.0 Å². The van der Waals surface area contributed by atoms with E-state index in [4.69, 9.17) is 28.9 Å². The zero-order valence-corrected chi connectivity index (χ0v) is 20.9. The Morgan fingerprint density at radius 3 is 2.79 bits per heavy atom. The maximum atomic E-state index is 15.5. The molecule has 0 unspecified atom stereocenters. The first kappa shape index (κ1) is 26.4. The van der Waals surface area contributed by atoms with Crippen molar-refractivity contribution in [2.24, 2.45) is 17.6 Å². The van der Waals surface area contributed by atoms with Crippen LogP contribution in [0.3, 0.4) is 0 Å². The van der Waals surface area contributed by atoms with Crippen LogP contribution in [0.15, 0.2) is 24.5 Å². The Morgan fingerprint density at radius 1 is 1.38 bits per heavy atom. The van der Waals surface area contributed by atoms with Gasteiger partial charge in [-0.3, -0.25) is 9.69 Å². The topological polar surface area (TPSA) is 108 Å². The minimum atomic E-state index is -0.658. The summed E-state index contributed by atoms with van der Waals surface area (Å²) < 4.78 is 15.5. The van der Waals surface area contributed by atoms with Crippen molar-refractivity contribution >= 4 is 40.7 Å². The van der Waals surface area contributed by atoms with Gasteiger partial charge in [0, 0.05) is 42.1 Å². The molecule has 4 N–H and O–H groups in total. The molecule has 1 aliphatic rings. The van der Waals surface area contributed by atoms with Crippen molar-refractivity contribution in [1.29, 1.82) is 0 Å². The standard InChI is InChI=1S/C23H31Cl2FN6O2/c1-14(2)9-32(10-16-3-4-17(24)7-18(16)25)23-21(26)22(29-13-30-23)28-8-15-5-6-31(11-19(15)33)12-20(27)34/h3-4,7,13-15,19,33H,5-6,8-12H2,1-2H3,(H2,27,34)(H,28,29,30)/t15-,19+/m0/s1. The Kier molecular flexibility index (Phi) is 9.30. The third kappa shape index (κ3) is 7.15. The van der Waals surface area contributed by atoms with Gasteiger partial charge in [0.05, 0.1) is 12.6 Å². The number of halogens is 3. The van der Waals surface area contributed by atoms with Crippen molar-refractivity contribution < 1.29 is 14.3 Å². The fraction of sp³-hybridized carbons (Fsp3) is 0.522. The maximum absolute atomic E-state index is 15.5. The van der Waals surface area contributed by atoms with E-state index in [1.807, 2.05) is 29.7 Å². The molecule has 1 aromatic carbocycles. The van der Waals surface area contributed by atoms with E-state index in [-0.39, 0.29) is 30.0 Å². The Morgan fingerprint density at radius 2 is 2.15 bits per heavy atom. The summed E-state index contributed by atoms with van der Waals surface area (Å²) >= 11 is 12.4. The van der Waals surface area contributed by atoms with Gasteiger partial charge in [0.15, 0.2) is 11.6 Å². The molecule has 1 aromatic heterocycles. The number of hydrogen-bond donors (Lipinski definition) is 3. The number of aromatic nitrogens is 2. The number of anilines is 2.